The number of sulfonamides is 1. The Morgan fingerprint density at radius 3 is 2.07 bits per heavy atom. The summed E-state index contributed by atoms with van der Waals surface area (Å²) in [7, 11) is -4.14. The Balaban J connectivity index is 1.29. The lowest BCUT2D eigenvalue weighted by Gasteiger charge is -2.34. The minimum atomic E-state index is -4.14. The van der Waals surface area contributed by atoms with Crippen LogP contribution in [0.15, 0.2) is 83.8 Å². The van der Waals surface area contributed by atoms with Gasteiger partial charge in [-0.05, 0) is 73.6 Å². The maximum absolute atomic E-state index is 13.4. The smallest absolute Gasteiger partial charge is 0.324 e. The van der Waals surface area contributed by atoms with Gasteiger partial charge in [0.1, 0.15) is 6.17 Å². The van der Waals surface area contributed by atoms with Crippen molar-refractivity contribution in [1.29, 1.82) is 0 Å². The molecule has 0 aromatic heterocycles. The number of fused-ring (bicyclic) bond motifs is 1. The van der Waals surface area contributed by atoms with Crippen molar-refractivity contribution in [3.63, 3.8) is 0 Å². The van der Waals surface area contributed by atoms with Crippen LogP contribution in [0.25, 0.3) is 0 Å². The maximum atomic E-state index is 13.4. The summed E-state index contributed by atoms with van der Waals surface area (Å²) in [6.07, 6.45) is 0.821. The fourth-order valence-corrected chi connectivity index (χ4v) is 6.72. The summed E-state index contributed by atoms with van der Waals surface area (Å²) < 4.78 is 29.4. The van der Waals surface area contributed by atoms with Crippen LogP contribution < -0.4 is 15.5 Å². The number of imide groups is 1. The molecule has 0 aliphatic carbocycles. The van der Waals surface area contributed by atoms with E-state index in [1.165, 1.54) is 29.8 Å². The molecule has 3 aromatic rings. The average molecular weight is 577 g/mol. The van der Waals surface area contributed by atoms with Gasteiger partial charge < -0.3 is 9.74 Å². The molecule has 0 bridgehead atoms. The minimum Gasteiger partial charge on any atom is -0.373 e. The first-order valence-electron chi connectivity index (χ1n) is 13.6. The Morgan fingerprint density at radius 1 is 0.902 bits per heavy atom. The number of nitrogens with zero attached hydrogens (tertiary/aromatic N) is 2. The molecule has 5 rings (SSSR count). The second-order valence-corrected chi connectivity index (χ2v) is 11.9. The highest BCUT2D eigenvalue weighted by molar-refractivity contribution is 7.89. The number of carbonyl (C=O) groups is 3. The van der Waals surface area contributed by atoms with Crippen molar-refractivity contribution in [3.8, 4) is 0 Å². The van der Waals surface area contributed by atoms with E-state index in [-0.39, 0.29) is 35.3 Å². The van der Waals surface area contributed by atoms with E-state index in [1.807, 2.05) is 6.07 Å². The van der Waals surface area contributed by atoms with Crippen molar-refractivity contribution >= 4 is 33.5 Å². The van der Waals surface area contributed by atoms with Crippen LogP contribution in [0.5, 0.6) is 0 Å². The lowest BCUT2D eigenvalue weighted by atomic mass is 9.89. The molecule has 2 heterocycles. The highest BCUT2D eigenvalue weighted by atomic mass is 32.2. The van der Waals surface area contributed by atoms with E-state index >= 15 is 0 Å². The number of piperidine rings is 1. The summed E-state index contributed by atoms with van der Waals surface area (Å²) in [5, 5.41) is 0. The summed E-state index contributed by atoms with van der Waals surface area (Å²) in [5.41, 5.74) is 2.66. The molecule has 1 saturated heterocycles. The molecule has 1 unspecified atom stereocenters. The van der Waals surface area contributed by atoms with E-state index in [9.17, 15) is 22.8 Å². The predicted octanol–water partition coefficient (Wildman–Crippen LogP) is 3.56. The number of benzene rings is 3. The molecule has 0 spiro atoms. The number of anilines is 1. The lowest BCUT2D eigenvalue weighted by Crippen LogP contribution is -2.50. The zero-order valence-corrected chi connectivity index (χ0v) is 23.3. The number of rotatable bonds is 10. The molecule has 1 atom stereocenters. The van der Waals surface area contributed by atoms with Crippen LogP contribution in [-0.4, -0.2) is 50.4 Å². The van der Waals surface area contributed by atoms with Gasteiger partial charge in [-0.1, -0.05) is 42.5 Å². The van der Waals surface area contributed by atoms with Gasteiger partial charge in [-0.25, -0.2) is 8.42 Å². The van der Waals surface area contributed by atoms with E-state index in [0.717, 1.165) is 36.5 Å². The summed E-state index contributed by atoms with van der Waals surface area (Å²) >= 11 is 0. The Morgan fingerprint density at radius 2 is 1.49 bits per heavy atom. The van der Waals surface area contributed by atoms with Gasteiger partial charge >= 0.3 is 5.97 Å². The lowest BCUT2D eigenvalue weighted by molar-refractivity contribution is -0.144. The number of nitrogens with one attached hydrogen (secondary N) is 1. The Labute approximate surface area is 239 Å². The van der Waals surface area contributed by atoms with Gasteiger partial charge in [0.05, 0.1) is 16.0 Å². The molecule has 2 aliphatic rings. The molecular formula is C30H32N4O6S. The van der Waals surface area contributed by atoms with Crippen LogP contribution in [0.2, 0.25) is 0 Å². The highest BCUT2D eigenvalue weighted by Crippen LogP contribution is 2.31. The van der Waals surface area contributed by atoms with Gasteiger partial charge in [-0.3, -0.25) is 19.3 Å². The van der Waals surface area contributed by atoms with Gasteiger partial charge in [-0.2, -0.15) is 10.6 Å². The second kappa shape index (κ2) is 12.2. The Bertz CT molecular complexity index is 1490. The van der Waals surface area contributed by atoms with Gasteiger partial charge in [-0.15, -0.1) is 0 Å². The van der Waals surface area contributed by atoms with Gasteiger partial charge in [0, 0.05) is 25.2 Å². The van der Waals surface area contributed by atoms with Gasteiger partial charge in [0.2, 0.25) is 10.0 Å². The fourth-order valence-electron chi connectivity index (χ4n) is 5.51. The van der Waals surface area contributed by atoms with Gasteiger partial charge in [0.25, 0.3) is 11.8 Å². The topological polar surface area (TPSA) is 139 Å². The number of amides is 2. The molecule has 11 heteroatoms. The van der Waals surface area contributed by atoms with Crippen LogP contribution in [0.4, 0.5) is 5.69 Å². The van der Waals surface area contributed by atoms with E-state index in [0.29, 0.717) is 5.92 Å². The zero-order valence-electron chi connectivity index (χ0n) is 22.4. The third-order valence-electron chi connectivity index (χ3n) is 7.70. The monoisotopic (exact) mass is 576 g/mol. The standard InChI is InChI=1S/C30H32N4O6S/c31-40-28(35)12-6-11-27(34-29(36)25-9-4-5-10-26(25)30(34)37)32-41(38,39)24-15-13-23(14-16-24)33-19-17-22(18-20-33)21-7-2-1-3-8-21/h1-5,7-10,13-16,22,27,32H,6,11-12,17-20,31H2. The van der Waals surface area contributed by atoms with E-state index in [2.05, 4.69) is 38.7 Å². The Hall–Kier alpha value is -4.06. The van der Waals surface area contributed by atoms with Crippen molar-refractivity contribution in [3.05, 3.63) is 95.6 Å². The first kappa shape index (κ1) is 28.5. The molecule has 0 radical (unpaired) electrons. The van der Waals surface area contributed by atoms with Gasteiger partial charge in [0.15, 0.2) is 0 Å². The molecular weight excluding hydrogens is 544 g/mol. The Kier molecular flexibility index (Phi) is 8.48. The largest absolute Gasteiger partial charge is 0.373 e. The molecule has 10 nitrogen and oxygen atoms in total. The third-order valence-corrected chi connectivity index (χ3v) is 9.17. The number of nitrogens with two attached hydrogens (primary N) is 1. The first-order valence-corrected chi connectivity index (χ1v) is 15.1. The van der Waals surface area contributed by atoms with Crippen molar-refractivity contribution in [2.45, 2.75) is 49.1 Å². The fraction of sp³-hybridized carbons (Fsp3) is 0.300. The molecule has 0 saturated carbocycles. The zero-order chi connectivity index (χ0) is 29.0. The van der Waals surface area contributed by atoms with Crippen LogP contribution in [0, 0.1) is 0 Å². The number of hydrogen-bond donors (Lipinski definition) is 2. The van der Waals surface area contributed by atoms with E-state index < -0.39 is 34.0 Å². The molecule has 3 N–H and O–H groups in total. The first-order chi connectivity index (χ1) is 19.8. The van der Waals surface area contributed by atoms with Crippen molar-refractivity contribution in [2.75, 3.05) is 18.0 Å². The molecule has 214 valence electrons. The normalized spacial score (nSPS) is 16.5. The summed E-state index contributed by atoms with van der Waals surface area (Å²) in [6.45, 7) is 1.72. The van der Waals surface area contributed by atoms with Crippen molar-refractivity contribution in [1.82, 2.24) is 9.62 Å². The predicted molar refractivity (Wildman–Crippen MR) is 152 cm³/mol. The van der Waals surface area contributed by atoms with Crippen LogP contribution in [0.1, 0.15) is 64.3 Å². The molecule has 2 aliphatic heterocycles. The summed E-state index contributed by atoms with van der Waals surface area (Å²) in [4.78, 5) is 45.1. The summed E-state index contributed by atoms with van der Waals surface area (Å²) in [6, 6.07) is 23.3. The van der Waals surface area contributed by atoms with E-state index in [4.69, 9.17) is 5.90 Å². The third kappa shape index (κ3) is 6.17. The van der Waals surface area contributed by atoms with Crippen LogP contribution in [0.3, 0.4) is 0 Å². The second-order valence-electron chi connectivity index (χ2n) is 10.2. The number of carbonyl (C=O) groups excluding carboxylic acids is 3. The van der Waals surface area contributed by atoms with Crippen molar-refractivity contribution in [2.24, 2.45) is 5.90 Å². The van der Waals surface area contributed by atoms with Crippen LogP contribution in [-0.2, 0) is 19.7 Å². The highest BCUT2D eigenvalue weighted by Gasteiger charge is 2.41. The quantitative estimate of drug-likeness (QED) is 0.276. The summed E-state index contributed by atoms with van der Waals surface area (Å²) in [5.74, 6) is 3.52. The number of hydrogen-bond acceptors (Lipinski definition) is 8. The SMILES string of the molecule is NOC(=O)CCCC(NS(=O)(=O)c1ccc(N2CCC(c3ccccc3)CC2)cc1)N1C(=O)c2ccccc2C1=O. The minimum absolute atomic E-state index is 0.00315. The molecule has 1 fully saturated rings. The van der Waals surface area contributed by atoms with Crippen molar-refractivity contribution < 1.29 is 27.6 Å². The molecule has 3 aromatic carbocycles. The van der Waals surface area contributed by atoms with E-state index in [1.54, 1.807) is 24.3 Å². The molecule has 2 amide bonds. The molecule has 41 heavy (non-hydrogen) atoms. The maximum Gasteiger partial charge on any atom is 0.324 e. The van der Waals surface area contributed by atoms with Crippen LogP contribution >= 0.6 is 0 Å². The average Bonchev–Trinajstić information content (AvgIpc) is 3.26.